The van der Waals surface area contributed by atoms with E-state index in [1.54, 1.807) is 10.4 Å². The highest BCUT2D eigenvalue weighted by Crippen LogP contribution is 2.31. The molecule has 1 fully saturated rings. The highest BCUT2D eigenvalue weighted by Gasteiger charge is 2.29. The second-order valence-electron chi connectivity index (χ2n) is 8.03. The van der Waals surface area contributed by atoms with Crippen molar-refractivity contribution in [2.24, 2.45) is 5.92 Å². The largest absolute Gasteiger partial charge is 0.358 e. The van der Waals surface area contributed by atoms with E-state index in [4.69, 9.17) is 5.10 Å². The van der Waals surface area contributed by atoms with Gasteiger partial charge in [-0.05, 0) is 50.3 Å². The first-order valence-corrected chi connectivity index (χ1v) is 12.0. The second-order valence-corrected chi connectivity index (χ2v) is 9.97. The van der Waals surface area contributed by atoms with Gasteiger partial charge in [-0.1, -0.05) is 26.7 Å². The van der Waals surface area contributed by atoms with Crippen LogP contribution in [0.25, 0.3) is 10.9 Å². The smallest absolute Gasteiger partial charge is 0.243 e. The average molecular weight is 407 g/mol. The van der Waals surface area contributed by atoms with Gasteiger partial charge in [0.25, 0.3) is 0 Å². The van der Waals surface area contributed by atoms with Crippen LogP contribution in [0.5, 0.6) is 0 Å². The molecule has 0 spiro atoms. The van der Waals surface area contributed by atoms with Crippen LogP contribution >= 0.6 is 0 Å². The summed E-state index contributed by atoms with van der Waals surface area (Å²) in [7, 11) is -1.45. The maximum absolute atomic E-state index is 13.2. The molecule has 0 N–H and O–H groups in total. The second kappa shape index (κ2) is 8.82. The van der Waals surface area contributed by atoms with Gasteiger partial charge in [-0.3, -0.25) is 4.68 Å². The third-order valence-electron chi connectivity index (χ3n) is 5.89. The van der Waals surface area contributed by atoms with E-state index in [0.717, 1.165) is 55.5 Å². The number of piperidine rings is 1. The molecule has 1 aromatic heterocycles. The average Bonchev–Trinajstić information content (AvgIpc) is 3.06. The van der Waals surface area contributed by atoms with Crippen molar-refractivity contribution in [2.45, 2.75) is 64.3 Å². The van der Waals surface area contributed by atoms with E-state index >= 15 is 0 Å². The fourth-order valence-electron chi connectivity index (χ4n) is 3.79. The molecule has 0 bridgehead atoms. The standard InChI is InChI=1S/C21H34N4O2S/c1-5-7-8-13-25-20-10-9-18(16-19(20)21(22-25)23(4)6-2)28(26,27)24-14-11-17(3)12-15-24/h9-10,16-17H,5-8,11-15H2,1-4H3. The fourth-order valence-corrected chi connectivity index (χ4v) is 5.29. The third-order valence-corrected chi connectivity index (χ3v) is 7.79. The third kappa shape index (κ3) is 4.20. The SMILES string of the molecule is CCCCCn1nc(N(C)CC)c2cc(S(=O)(=O)N3CCC(C)CC3)ccc21. The minimum absolute atomic E-state index is 0.383. The Kier molecular flexibility index (Phi) is 6.65. The molecule has 2 heterocycles. The van der Waals surface area contributed by atoms with Crippen LogP contribution in [0.1, 0.15) is 52.9 Å². The minimum Gasteiger partial charge on any atom is -0.358 e. The topological polar surface area (TPSA) is 58.4 Å². The summed E-state index contributed by atoms with van der Waals surface area (Å²) in [5.74, 6) is 1.46. The molecule has 0 amide bonds. The molecule has 1 saturated heterocycles. The van der Waals surface area contributed by atoms with Gasteiger partial charge in [-0.2, -0.15) is 9.40 Å². The first kappa shape index (κ1) is 21.1. The van der Waals surface area contributed by atoms with Gasteiger partial charge in [0.2, 0.25) is 10.0 Å². The molecular weight excluding hydrogens is 372 g/mol. The van der Waals surface area contributed by atoms with Gasteiger partial charge in [-0.15, -0.1) is 0 Å². The zero-order valence-electron chi connectivity index (χ0n) is 17.7. The molecule has 0 aliphatic carbocycles. The fraction of sp³-hybridized carbons (Fsp3) is 0.667. The predicted molar refractivity (Wildman–Crippen MR) is 115 cm³/mol. The zero-order valence-corrected chi connectivity index (χ0v) is 18.5. The first-order chi connectivity index (χ1) is 13.4. The molecule has 156 valence electrons. The summed E-state index contributed by atoms with van der Waals surface area (Å²) in [5.41, 5.74) is 1.01. The molecule has 0 radical (unpaired) electrons. The number of hydrogen-bond donors (Lipinski definition) is 0. The van der Waals surface area contributed by atoms with Crippen molar-refractivity contribution in [2.75, 3.05) is 31.6 Å². The lowest BCUT2D eigenvalue weighted by atomic mass is 10.0. The van der Waals surface area contributed by atoms with Crippen molar-refractivity contribution in [1.29, 1.82) is 0 Å². The van der Waals surface area contributed by atoms with Crippen molar-refractivity contribution >= 4 is 26.7 Å². The molecular formula is C21H34N4O2S. The van der Waals surface area contributed by atoms with Crippen LogP contribution in [-0.2, 0) is 16.6 Å². The summed E-state index contributed by atoms with van der Waals surface area (Å²) in [4.78, 5) is 2.46. The van der Waals surface area contributed by atoms with Crippen molar-refractivity contribution in [3.63, 3.8) is 0 Å². The maximum atomic E-state index is 13.2. The summed E-state index contributed by atoms with van der Waals surface area (Å²) in [5, 5.41) is 5.74. The zero-order chi connectivity index (χ0) is 20.3. The lowest BCUT2D eigenvalue weighted by molar-refractivity contribution is 0.288. The number of unbranched alkanes of at least 4 members (excludes halogenated alkanes) is 2. The van der Waals surface area contributed by atoms with E-state index in [1.165, 1.54) is 6.42 Å². The Hall–Kier alpha value is -1.60. The van der Waals surface area contributed by atoms with Gasteiger partial charge in [0.05, 0.1) is 10.4 Å². The highest BCUT2D eigenvalue weighted by atomic mass is 32.2. The van der Waals surface area contributed by atoms with Crippen molar-refractivity contribution in [3.05, 3.63) is 18.2 Å². The number of aryl methyl sites for hydroxylation is 1. The Morgan fingerprint density at radius 3 is 2.54 bits per heavy atom. The number of nitrogens with zero attached hydrogens (tertiary/aromatic N) is 4. The van der Waals surface area contributed by atoms with Gasteiger partial charge < -0.3 is 4.90 Å². The minimum atomic E-state index is -3.46. The van der Waals surface area contributed by atoms with Gasteiger partial charge >= 0.3 is 0 Å². The van der Waals surface area contributed by atoms with Crippen LogP contribution in [0.4, 0.5) is 5.82 Å². The predicted octanol–water partition coefficient (Wildman–Crippen LogP) is 4.10. The molecule has 7 heteroatoms. The molecule has 3 rings (SSSR count). The summed E-state index contributed by atoms with van der Waals surface area (Å²) in [6.45, 7) is 9.36. The summed E-state index contributed by atoms with van der Waals surface area (Å²) < 4.78 is 30.1. The highest BCUT2D eigenvalue weighted by molar-refractivity contribution is 7.89. The summed E-state index contributed by atoms with van der Waals surface area (Å²) in [6.07, 6.45) is 5.27. The first-order valence-electron chi connectivity index (χ1n) is 10.6. The monoisotopic (exact) mass is 406 g/mol. The van der Waals surface area contributed by atoms with Crippen LogP contribution < -0.4 is 4.90 Å². The summed E-state index contributed by atoms with van der Waals surface area (Å²) >= 11 is 0. The Balaban J connectivity index is 1.99. The van der Waals surface area contributed by atoms with Gasteiger partial charge in [0.15, 0.2) is 5.82 Å². The number of benzene rings is 1. The van der Waals surface area contributed by atoms with Crippen LogP contribution in [0.15, 0.2) is 23.1 Å². The van der Waals surface area contributed by atoms with E-state index in [-0.39, 0.29) is 0 Å². The van der Waals surface area contributed by atoms with Crippen LogP contribution in [0, 0.1) is 5.92 Å². The number of fused-ring (bicyclic) bond motifs is 1. The normalized spacial score (nSPS) is 16.7. The van der Waals surface area contributed by atoms with Crippen LogP contribution in [0.2, 0.25) is 0 Å². The number of aromatic nitrogens is 2. The Morgan fingerprint density at radius 2 is 1.89 bits per heavy atom. The van der Waals surface area contributed by atoms with Gasteiger partial charge in [0, 0.05) is 38.6 Å². The number of hydrogen-bond acceptors (Lipinski definition) is 4. The van der Waals surface area contributed by atoms with E-state index in [1.807, 2.05) is 23.9 Å². The molecule has 0 unspecified atom stereocenters. The molecule has 6 nitrogen and oxygen atoms in total. The number of anilines is 1. The Labute approximate surface area is 169 Å². The Bertz CT molecular complexity index is 899. The number of sulfonamides is 1. The molecule has 0 saturated carbocycles. The molecule has 1 aliphatic heterocycles. The molecule has 0 atom stereocenters. The van der Waals surface area contributed by atoms with Crippen molar-refractivity contribution in [3.8, 4) is 0 Å². The van der Waals surface area contributed by atoms with Crippen LogP contribution in [0.3, 0.4) is 0 Å². The lowest BCUT2D eigenvalue weighted by Gasteiger charge is -2.29. The molecule has 2 aromatic rings. The quantitative estimate of drug-likeness (QED) is 0.619. The van der Waals surface area contributed by atoms with Crippen molar-refractivity contribution < 1.29 is 8.42 Å². The molecule has 1 aliphatic rings. The number of rotatable bonds is 8. The van der Waals surface area contributed by atoms with Crippen LogP contribution in [-0.4, -0.2) is 49.2 Å². The van der Waals surface area contributed by atoms with E-state index in [9.17, 15) is 8.42 Å². The molecule has 28 heavy (non-hydrogen) atoms. The van der Waals surface area contributed by atoms with E-state index < -0.39 is 10.0 Å². The lowest BCUT2D eigenvalue weighted by Crippen LogP contribution is -2.37. The van der Waals surface area contributed by atoms with E-state index in [2.05, 4.69) is 25.7 Å². The molecule has 1 aromatic carbocycles. The van der Waals surface area contributed by atoms with Gasteiger partial charge in [-0.25, -0.2) is 8.42 Å². The maximum Gasteiger partial charge on any atom is 0.243 e. The Morgan fingerprint density at radius 1 is 1.18 bits per heavy atom. The van der Waals surface area contributed by atoms with E-state index in [0.29, 0.717) is 23.9 Å². The summed E-state index contributed by atoms with van der Waals surface area (Å²) in [6, 6.07) is 5.51. The van der Waals surface area contributed by atoms with Gasteiger partial charge in [0.1, 0.15) is 0 Å². The van der Waals surface area contributed by atoms with Crippen molar-refractivity contribution in [1.82, 2.24) is 14.1 Å².